The first-order valence-electron chi connectivity index (χ1n) is 6.67. The Morgan fingerprint density at radius 1 is 1.09 bits per heavy atom. The van der Waals surface area contributed by atoms with E-state index in [4.69, 9.17) is 11.6 Å². The summed E-state index contributed by atoms with van der Waals surface area (Å²) in [6, 6.07) is 12.4. The number of nitrogens with zero attached hydrogens (tertiary/aromatic N) is 1. The molecule has 3 aromatic rings. The monoisotopic (exact) mass is 329 g/mol. The molecule has 0 fully saturated rings. The predicted octanol–water partition coefficient (Wildman–Crippen LogP) is 3.39. The normalized spacial score (nSPS) is 10.5. The zero-order chi connectivity index (χ0) is 16.4. The van der Waals surface area contributed by atoms with Crippen LogP contribution in [-0.2, 0) is 0 Å². The van der Waals surface area contributed by atoms with Crippen LogP contribution in [0, 0.1) is 0 Å². The van der Waals surface area contributed by atoms with E-state index >= 15 is 0 Å². The first-order valence-corrected chi connectivity index (χ1v) is 7.05. The summed E-state index contributed by atoms with van der Waals surface area (Å²) in [5, 5.41) is 29.0. The van der Waals surface area contributed by atoms with Crippen LogP contribution in [0.15, 0.2) is 48.5 Å². The fourth-order valence-electron chi connectivity index (χ4n) is 2.04. The van der Waals surface area contributed by atoms with Crippen molar-refractivity contribution in [3.63, 3.8) is 0 Å². The molecule has 0 unspecified atom stereocenters. The maximum absolute atomic E-state index is 12.2. The molecule has 2 aromatic carbocycles. The van der Waals surface area contributed by atoms with Crippen LogP contribution >= 0.6 is 11.6 Å². The molecule has 0 bridgehead atoms. The summed E-state index contributed by atoms with van der Waals surface area (Å²) < 4.78 is 0. The Bertz CT molecular complexity index is 859. The van der Waals surface area contributed by atoms with Crippen LogP contribution < -0.4 is 5.32 Å². The zero-order valence-corrected chi connectivity index (χ0v) is 12.5. The summed E-state index contributed by atoms with van der Waals surface area (Å²) in [6.45, 7) is 0. The van der Waals surface area contributed by atoms with Crippen molar-refractivity contribution in [1.82, 2.24) is 10.2 Å². The Hall–Kier alpha value is -2.99. The lowest BCUT2D eigenvalue weighted by Crippen LogP contribution is -2.12. The van der Waals surface area contributed by atoms with Crippen molar-refractivity contribution in [3.05, 3.63) is 59.2 Å². The summed E-state index contributed by atoms with van der Waals surface area (Å²) >= 11 is 5.79. The Kier molecular flexibility index (Phi) is 3.91. The van der Waals surface area contributed by atoms with Gasteiger partial charge in [-0.25, -0.2) is 0 Å². The fraction of sp³-hybridized carbons (Fsp3) is 0. The number of rotatable bonds is 3. The summed E-state index contributed by atoms with van der Waals surface area (Å²) in [4.78, 5) is 12.2. The summed E-state index contributed by atoms with van der Waals surface area (Å²) in [5.41, 5.74) is 1.64. The second-order valence-corrected chi connectivity index (χ2v) is 5.27. The van der Waals surface area contributed by atoms with Crippen LogP contribution in [0.25, 0.3) is 11.3 Å². The third-order valence-electron chi connectivity index (χ3n) is 3.18. The zero-order valence-electron chi connectivity index (χ0n) is 11.7. The quantitative estimate of drug-likeness (QED) is 0.592. The average Bonchev–Trinajstić information content (AvgIpc) is 2.99. The van der Waals surface area contributed by atoms with Gasteiger partial charge in [0.15, 0.2) is 0 Å². The fourth-order valence-corrected chi connectivity index (χ4v) is 2.17. The number of aromatic hydroxyl groups is 2. The van der Waals surface area contributed by atoms with Gasteiger partial charge in [0.1, 0.15) is 17.2 Å². The highest BCUT2D eigenvalue weighted by atomic mass is 35.5. The Morgan fingerprint density at radius 2 is 1.83 bits per heavy atom. The van der Waals surface area contributed by atoms with Gasteiger partial charge < -0.3 is 15.5 Å². The number of phenolic OH excluding ortho intramolecular Hbond substituents is 2. The smallest absolute Gasteiger partial charge is 0.273 e. The van der Waals surface area contributed by atoms with Gasteiger partial charge in [-0.15, -0.1) is 0 Å². The number of hydrogen-bond acceptors (Lipinski definition) is 4. The number of nitrogens with one attached hydrogen (secondary N) is 2. The lowest BCUT2D eigenvalue weighted by molar-refractivity contribution is 0.102. The van der Waals surface area contributed by atoms with E-state index in [1.54, 1.807) is 24.3 Å². The molecule has 23 heavy (non-hydrogen) atoms. The minimum Gasteiger partial charge on any atom is -0.508 e. The maximum Gasteiger partial charge on any atom is 0.273 e. The van der Waals surface area contributed by atoms with Gasteiger partial charge in [0.05, 0.1) is 5.69 Å². The number of phenols is 2. The molecule has 0 aliphatic heterocycles. The van der Waals surface area contributed by atoms with Crippen LogP contribution in [0.1, 0.15) is 10.5 Å². The number of aromatic amines is 1. The van der Waals surface area contributed by atoms with Gasteiger partial charge in [-0.3, -0.25) is 9.89 Å². The Balaban J connectivity index is 1.81. The van der Waals surface area contributed by atoms with Crippen molar-refractivity contribution < 1.29 is 15.0 Å². The third-order valence-corrected chi connectivity index (χ3v) is 3.43. The van der Waals surface area contributed by atoms with Crippen molar-refractivity contribution in [2.75, 3.05) is 5.32 Å². The number of anilines is 1. The minimum atomic E-state index is -0.371. The van der Waals surface area contributed by atoms with Crippen molar-refractivity contribution in [3.8, 4) is 22.8 Å². The third kappa shape index (κ3) is 3.27. The minimum absolute atomic E-state index is 0.0532. The molecule has 0 aliphatic rings. The number of carbonyl (C=O) groups excluding carboxylic acids is 1. The van der Waals surface area contributed by atoms with Crippen molar-refractivity contribution in [2.24, 2.45) is 0 Å². The second kappa shape index (κ2) is 6.02. The molecule has 0 radical (unpaired) electrons. The summed E-state index contributed by atoms with van der Waals surface area (Å²) in [7, 11) is 0. The number of benzene rings is 2. The Morgan fingerprint density at radius 3 is 2.52 bits per heavy atom. The number of carbonyl (C=O) groups is 1. The van der Waals surface area contributed by atoms with Crippen LogP contribution in [0.2, 0.25) is 5.02 Å². The highest BCUT2D eigenvalue weighted by molar-refractivity contribution is 6.30. The van der Waals surface area contributed by atoms with Crippen molar-refractivity contribution in [1.29, 1.82) is 0 Å². The van der Waals surface area contributed by atoms with E-state index in [9.17, 15) is 15.0 Å². The number of hydrogen-bond donors (Lipinski definition) is 4. The standard InChI is InChI=1S/C16H12ClN3O3/c17-9-1-3-10(4-2-9)18-16(23)14-8-13(19-20-14)12-6-5-11(21)7-15(12)22/h1-8,21-22H,(H,18,23)(H,19,20). The number of H-pyrrole nitrogens is 1. The molecule has 6 nitrogen and oxygen atoms in total. The Labute approximate surface area is 136 Å². The first kappa shape index (κ1) is 14.9. The largest absolute Gasteiger partial charge is 0.508 e. The number of halogens is 1. The predicted molar refractivity (Wildman–Crippen MR) is 86.8 cm³/mol. The molecule has 0 saturated heterocycles. The summed E-state index contributed by atoms with van der Waals surface area (Å²) in [5.74, 6) is -0.548. The highest BCUT2D eigenvalue weighted by Gasteiger charge is 2.14. The van der Waals surface area contributed by atoms with E-state index in [1.807, 2.05) is 0 Å². The molecule has 0 spiro atoms. The number of aromatic nitrogens is 2. The van der Waals surface area contributed by atoms with Crippen LogP contribution in [0.5, 0.6) is 11.5 Å². The van der Waals surface area contributed by atoms with Gasteiger partial charge in [0.2, 0.25) is 0 Å². The molecular weight excluding hydrogens is 318 g/mol. The van der Waals surface area contributed by atoms with Gasteiger partial charge in [0, 0.05) is 22.3 Å². The highest BCUT2D eigenvalue weighted by Crippen LogP contribution is 2.31. The van der Waals surface area contributed by atoms with Gasteiger partial charge in [-0.2, -0.15) is 5.10 Å². The molecule has 1 amide bonds. The molecule has 1 aromatic heterocycles. The molecule has 0 saturated carbocycles. The van der Waals surface area contributed by atoms with Gasteiger partial charge >= 0.3 is 0 Å². The van der Waals surface area contributed by atoms with E-state index < -0.39 is 0 Å². The van der Waals surface area contributed by atoms with E-state index in [-0.39, 0.29) is 23.1 Å². The van der Waals surface area contributed by atoms with Gasteiger partial charge in [-0.1, -0.05) is 11.6 Å². The molecule has 0 aliphatic carbocycles. The van der Waals surface area contributed by atoms with Crippen LogP contribution in [0.4, 0.5) is 5.69 Å². The maximum atomic E-state index is 12.2. The molecule has 0 atom stereocenters. The molecular formula is C16H12ClN3O3. The second-order valence-electron chi connectivity index (χ2n) is 4.83. The number of amides is 1. The van der Waals surface area contributed by atoms with Crippen molar-refractivity contribution >= 4 is 23.2 Å². The molecule has 3 rings (SSSR count). The van der Waals surface area contributed by atoms with E-state index in [2.05, 4.69) is 15.5 Å². The lowest BCUT2D eigenvalue weighted by Gasteiger charge is -2.03. The van der Waals surface area contributed by atoms with E-state index in [1.165, 1.54) is 24.3 Å². The molecule has 1 heterocycles. The van der Waals surface area contributed by atoms with Crippen LogP contribution in [-0.4, -0.2) is 26.3 Å². The van der Waals surface area contributed by atoms with Gasteiger partial charge in [-0.05, 0) is 42.5 Å². The topological polar surface area (TPSA) is 98.2 Å². The van der Waals surface area contributed by atoms with E-state index in [0.717, 1.165) is 0 Å². The molecule has 4 N–H and O–H groups in total. The average molecular weight is 330 g/mol. The summed E-state index contributed by atoms with van der Waals surface area (Å²) in [6.07, 6.45) is 0. The van der Waals surface area contributed by atoms with Crippen LogP contribution in [0.3, 0.4) is 0 Å². The SMILES string of the molecule is O=C(Nc1ccc(Cl)cc1)c1cc(-c2ccc(O)cc2O)n[nH]1. The molecule has 116 valence electrons. The lowest BCUT2D eigenvalue weighted by atomic mass is 10.1. The molecule has 7 heteroatoms. The van der Waals surface area contributed by atoms with Gasteiger partial charge in [0.25, 0.3) is 5.91 Å². The van der Waals surface area contributed by atoms with E-state index in [0.29, 0.717) is 22.0 Å². The van der Waals surface area contributed by atoms with Crippen molar-refractivity contribution in [2.45, 2.75) is 0 Å². The first-order chi connectivity index (χ1) is 11.0.